The minimum atomic E-state index is -0.401. The van der Waals surface area contributed by atoms with Gasteiger partial charge in [0.2, 0.25) is 0 Å². The number of imide groups is 1. The number of carbonyl (C=O) groups is 2. The molecule has 0 atom stereocenters. The zero-order valence-corrected chi connectivity index (χ0v) is 19.7. The molecule has 0 saturated heterocycles. The lowest BCUT2D eigenvalue weighted by Crippen LogP contribution is -2.32. The van der Waals surface area contributed by atoms with E-state index in [2.05, 4.69) is 26.1 Å². The van der Waals surface area contributed by atoms with Crippen LogP contribution in [0.3, 0.4) is 0 Å². The first-order valence-corrected chi connectivity index (χ1v) is 11.3. The van der Waals surface area contributed by atoms with E-state index in [1.165, 1.54) is 28.9 Å². The second-order valence-electron chi connectivity index (χ2n) is 8.80. The van der Waals surface area contributed by atoms with E-state index < -0.39 is 5.91 Å². The summed E-state index contributed by atoms with van der Waals surface area (Å²) in [6, 6.07) is 17.1. The van der Waals surface area contributed by atoms with E-state index in [1.807, 2.05) is 54.8 Å². The first-order valence-electron chi connectivity index (χ1n) is 10.4. The lowest BCUT2D eigenvalue weighted by atomic mass is 9.87. The monoisotopic (exact) mass is 446 g/mol. The number of amides is 2. The molecule has 0 fully saturated rings. The maximum Gasteiger partial charge on any atom is 0.282 e. The molecule has 4 rings (SSSR count). The molecule has 0 spiro atoms. The topological polar surface area (TPSA) is 58.6 Å². The normalized spacial score (nSPS) is 14.3. The predicted molar refractivity (Wildman–Crippen MR) is 130 cm³/mol. The maximum absolute atomic E-state index is 13.6. The molecule has 0 bridgehead atoms. The van der Waals surface area contributed by atoms with Crippen LogP contribution in [-0.2, 0) is 15.0 Å². The fourth-order valence-corrected chi connectivity index (χ4v) is 4.45. The van der Waals surface area contributed by atoms with E-state index >= 15 is 0 Å². The van der Waals surface area contributed by atoms with Gasteiger partial charge >= 0.3 is 0 Å². The number of hydrogen-bond acceptors (Lipinski definition) is 5. The summed E-state index contributed by atoms with van der Waals surface area (Å²) in [4.78, 5) is 29.0. The highest BCUT2D eigenvalue weighted by Crippen LogP contribution is 2.39. The maximum atomic E-state index is 13.6. The fourth-order valence-electron chi connectivity index (χ4n) is 3.69. The van der Waals surface area contributed by atoms with Crippen molar-refractivity contribution in [1.82, 2.24) is 0 Å². The summed E-state index contributed by atoms with van der Waals surface area (Å²) < 4.78 is 5.45. The summed E-state index contributed by atoms with van der Waals surface area (Å²) >= 11 is 1.43. The van der Waals surface area contributed by atoms with Crippen molar-refractivity contribution in [2.45, 2.75) is 33.1 Å². The highest BCUT2D eigenvalue weighted by atomic mass is 32.1. The Morgan fingerprint density at radius 3 is 2.28 bits per heavy atom. The van der Waals surface area contributed by atoms with Crippen LogP contribution in [0, 0.1) is 6.92 Å². The highest BCUT2D eigenvalue weighted by Gasteiger charge is 2.42. The Morgan fingerprint density at radius 1 is 0.969 bits per heavy atom. The predicted octanol–water partition coefficient (Wildman–Crippen LogP) is 5.76. The van der Waals surface area contributed by atoms with E-state index in [0.717, 1.165) is 16.1 Å². The van der Waals surface area contributed by atoms with Gasteiger partial charge in [-0.25, -0.2) is 4.90 Å². The van der Waals surface area contributed by atoms with Crippen LogP contribution >= 0.6 is 11.3 Å². The summed E-state index contributed by atoms with van der Waals surface area (Å²) in [5.74, 6) is -0.295. The lowest BCUT2D eigenvalue weighted by Gasteiger charge is -2.20. The molecule has 2 heterocycles. The molecular formula is C26H26N2O3S. The second-order valence-corrected chi connectivity index (χ2v) is 9.75. The van der Waals surface area contributed by atoms with Gasteiger partial charge in [0.05, 0.1) is 18.4 Å². The van der Waals surface area contributed by atoms with Crippen molar-refractivity contribution >= 4 is 40.1 Å². The molecular weight excluding hydrogens is 420 g/mol. The van der Waals surface area contributed by atoms with Crippen LogP contribution in [0.2, 0.25) is 0 Å². The molecule has 2 aromatic carbocycles. The number of carbonyl (C=O) groups excluding carboxylic acids is 2. The number of benzene rings is 2. The number of nitrogens with zero attached hydrogens (tertiary/aromatic N) is 1. The average molecular weight is 447 g/mol. The van der Waals surface area contributed by atoms with Gasteiger partial charge in [0.1, 0.15) is 11.4 Å². The molecule has 1 N–H and O–H groups in total. The molecule has 32 heavy (non-hydrogen) atoms. The first-order chi connectivity index (χ1) is 15.2. The van der Waals surface area contributed by atoms with Crippen LogP contribution in [-0.4, -0.2) is 18.9 Å². The van der Waals surface area contributed by atoms with Gasteiger partial charge in [-0.05, 0) is 59.2 Å². The number of ether oxygens (including phenoxy) is 1. The van der Waals surface area contributed by atoms with Crippen LogP contribution < -0.4 is 15.0 Å². The van der Waals surface area contributed by atoms with Crippen LogP contribution in [0.5, 0.6) is 5.75 Å². The number of nitrogens with one attached hydrogen (secondary N) is 1. The van der Waals surface area contributed by atoms with Crippen molar-refractivity contribution in [3.63, 3.8) is 0 Å². The quantitative estimate of drug-likeness (QED) is 0.506. The smallest absolute Gasteiger partial charge is 0.282 e. The largest absolute Gasteiger partial charge is 0.495 e. The third-order valence-electron chi connectivity index (χ3n) is 5.45. The third kappa shape index (κ3) is 3.94. The van der Waals surface area contributed by atoms with Gasteiger partial charge in [-0.3, -0.25) is 9.59 Å². The second kappa shape index (κ2) is 8.28. The summed E-state index contributed by atoms with van der Waals surface area (Å²) in [6.45, 7) is 8.37. The van der Waals surface area contributed by atoms with E-state index in [1.54, 1.807) is 12.1 Å². The van der Waals surface area contributed by atoms with Gasteiger partial charge in [0, 0.05) is 10.6 Å². The number of rotatable bonds is 5. The van der Waals surface area contributed by atoms with Crippen molar-refractivity contribution in [3.05, 3.63) is 81.7 Å². The van der Waals surface area contributed by atoms with Gasteiger partial charge in [-0.1, -0.05) is 45.0 Å². The van der Waals surface area contributed by atoms with Crippen LogP contribution in [0.25, 0.3) is 5.57 Å². The standard InChI is InChI=1S/C26H26N2O3S/c1-16-8-13-20(31-5)19(15-16)28-24(29)22(21-7-6-14-32-21)23(25(28)30)27-18-11-9-17(10-12-18)26(2,3)4/h6-15,27H,1-5H3. The average Bonchev–Trinajstić information content (AvgIpc) is 3.35. The van der Waals surface area contributed by atoms with Gasteiger partial charge in [-0.15, -0.1) is 11.3 Å². The molecule has 2 amide bonds. The number of anilines is 2. The van der Waals surface area contributed by atoms with Gasteiger partial charge in [0.25, 0.3) is 11.8 Å². The molecule has 5 nitrogen and oxygen atoms in total. The summed E-state index contributed by atoms with van der Waals surface area (Å²) in [6.07, 6.45) is 0. The molecule has 1 aliphatic heterocycles. The SMILES string of the molecule is COc1ccc(C)cc1N1C(=O)C(Nc2ccc(C(C)(C)C)cc2)=C(c2cccs2)C1=O. The molecule has 0 saturated carbocycles. The Morgan fingerprint density at radius 2 is 1.69 bits per heavy atom. The Balaban J connectivity index is 1.77. The molecule has 0 aliphatic carbocycles. The number of thiophene rings is 1. The number of aryl methyl sites for hydroxylation is 1. The van der Waals surface area contributed by atoms with E-state index in [-0.39, 0.29) is 17.0 Å². The van der Waals surface area contributed by atoms with E-state index in [4.69, 9.17) is 4.74 Å². The first kappa shape index (κ1) is 21.8. The van der Waals surface area contributed by atoms with Gasteiger partial charge < -0.3 is 10.1 Å². The van der Waals surface area contributed by atoms with Crippen LogP contribution in [0.15, 0.2) is 65.7 Å². The molecule has 1 aromatic heterocycles. The number of methoxy groups -OCH3 is 1. The van der Waals surface area contributed by atoms with Crippen LogP contribution in [0.1, 0.15) is 36.8 Å². The highest BCUT2D eigenvalue weighted by molar-refractivity contribution is 7.11. The molecule has 3 aromatic rings. The van der Waals surface area contributed by atoms with Gasteiger partial charge in [-0.2, -0.15) is 0 Å². The zero-order chi connectivity index (χ0) is 23.0. The molecule has 0 unspecified atom stereocenters. The Hall–Kier alpha value is -3.38. The molecule has 1 aliphatic rings. The van der Waals surface area contributed by atoms with Crippen molar-refractivity contribution in [2.24, 2.45) is 0 Å². The third-order valence-corrected chi connectivity index (χ3v) is 6.33. The summed E-state index contributed by atoms with van der Waals surface area (Å²) in [7, 11) is 1.53. The van der Waals surface area contributed by atoms with Crippen molar-refractivity contribution in [3.8, 4) is 5.75 Å². The number of hydrogen-bond donors (Lipinski definition) is 1. The minimum Gasteiger partial charge on any atom is -0.495 e. The van der Waals surface area contributed by atoms with Crippen LogP contribution in [0.4, 0.5) is 11.4 Å². The zero-order valence-electron chi connectivity index (χ0n) is 18.9. The fraction of sp³-hybridized carbons (Fsp3) is 0.231. The molecule has 164 valence electrons. The van der Waals surface area contributed by atoms with Crippen molar-refractivity contribution < 1.29 is 14.3 Å². The minimum absolute atomic E-state index is 0.0254. The molecule has 0 radical (unpaired) electrons. The Bertz CT molecular complexity index is 1200. The Labute approximate surface area is 192 Å². The van der Waals surface area contributed by atoms with Crippen molar-refractivity contribution in [2.75, 3.05) is 17.3 Å². The summed E-state index contributed by atoms with van der Waals surface area (Å²) in [5, 5.41) is 5.12. The summed E-state index contributed by atoms with van der Waals surface area (Å²) in [5.41, 5.74) is 3.97. The lowest BCUT2D eigenvalue weighted by molar-refractivity contribution is -0.120. The van der Waals surface area contributed by atoms with E-state index in [9.17, 15) is 9.59 Å². The van der Waals surface area contributed by atoms with Gasteiger partial charge in [0.15, 0.2) is 0 Å². The van der Waals surface area contributed by atoms with E-state index in [0.29, 0.717) is 17.0 Å². The Kier molecular flexibility index (Phi) is 5.65. The van der Waals surface area contributed by atoms with Crippen molar-refractivity contribution in [1.29, 1.82) is 0 Å². The molecule has 6 heteroatoms.